The van der Waals surface area contributed by atoms with Gasteiger partial charge in [-0.15, -0.1) is 0 Å². The summed E-state index contributed by atoms with van der Waals surface area (Å²) in [5.74, 6) is 0.550. The van der Waals surface area contributed by atoms with Crippen molar-refractivity contribution in [2.75, 3.05) is 57.8 Å². The van der Waals surface area contributed by atoms with Gasteiger partial charge in [-0.2, -0.15) is 0 Å². The van der Waals surface area contributed by atoms with E-state index in [1.54, 1.807) is 6.07 Å². The third-order valence-electron chi connectivity index (χ3n) is 3.55. The van der Waals surface area contributed by atoms with Gasteiger partial charge in [0.25, 0.3) is 0 Å². The summed E-state index contributed by atoms with van der Waals surface area (Å²) in [5.41, 5.74) is 0. The standard InChI is InChI=1S/C15H23Cl2N5O2/c16-12-10-13(17)14(21-11-12)18-3-4-20-15(23)19-2-1-5-22-6-8-24-9-7-22/h10-11H,1-9H2,(H,18,21)(H2,19,20,23). The van der Waals surface area contributed by atoms with Crippen LogP contribution in [0.3, 0.4) is 0 Å². The smallest absolute Gasteiger partial charge is 0.314 e. The fraction of sp³-hybridized carbons (Fsp3) is 0.600. The van der Waals surface area contributed by atoms with Crippen molar-refractivity contribution >= 4 is 35.1 Å². The van der Waals surface area contributed by atoms with Crippen molar-refractivity contribution in [3.63, 3.8) is 0 Å². The van der Waals surface area contributed by atoms with E-state index in [1.165, 1.54) is 6.20 Å². The first kappa shape index (κ1) is 19.1. The van der Waals surface area contributed by atoms with E-state index in [2.05, 4.69) is 25.8 Å². The number of aromatic nitrogens is 1. The second-order valence-corrected chi connectivity index (χ2v) is 6.24. The van der Waals surface area contributed by atoms with Crippen LogP contribution in [0.4, 0.5) is 10.6 Å². The summed E-state index contributed by atoms with van der Waals surface area (Å²) in [7, 11) is 0. The first-order chi connectivity index (χ1) is 11.6. The maximum absolute atomic E-state index is 11.7. The van der Waals surface area contributed by atoms with Gasteiger partial charge in [-0.25, -0.2) is 9.78 Å². The molecule has 0 aliphatic carbocycles. The Morgan fingerprint density at radius 1 is 1.21 bits per heavy atom. The summed E-state index contributed by atoms with van der Waals surface area (Å²) in [4.78, 5) is 18.1. The molecule has 9 heteroatoms. The fourth-order valence-corrected chi connectivity index (χ4v) is 2.74. The van der Waals surface area contributed by atoms with Crippen molar-refractivity contribution in [2.45, 2.75) is 6.42 Å². The first-order valence-corrected chi connectivity index (χ1v) is 8.77. The average molecular weight is 376 g/mol. The normalized spacial score (nSPS) is 15.1. The first-order valence-electron chi connectivity index (χ1n) is 8.02. The number of pyridine rings is 1. The molecule has 1 aromatic heterocycles. The summed E-state index contributed by atoms with van der Waals surface area (Å²) in [5, 5.41) is 9.61. The van der Waals surface area contributed by atoms with Gasteiger partial charge in [-0.3, -0.25) is 4.90 Å². The molecule has 2 amide bonds. The van der Waals surface area contributed by atoms with E-state index in [4.69, 9.17) is 27.9 Å². The van der Waals surface area contributed by atoms with Gasteiger partial charge < -0.3 is 20.7 Å². The molecule has 3 N–H and O–H groups in total. The number of nitrogens with one attached hydrogen (secondary N) is 3. The lowest BCUT2D eigenvalue weighted by Crippen LogP contribution is -2.40. The van der Waals surface area contributed by atoms with Crippen LogP contribution in [-0.4, -0.2) is 68.4 Å². The number of urea groups is 1. The predicted molar refractivity (Wildman–Crippen MR) is 96.0 cm³/mol. The highest BCUT2D eigenvalue weighted by Crippen LogP contribution is 2.21. The summed E-state index contributed by atoms with van der Waals surface area (Å²) in [6.45, 7) is 6.16. The summed E-state index contributed by atoms with van der Waals surface area (Å²) < 4.78 is 5.30. The molecular formula is C15H23Cl2N5O2. The van der Waals surface area contributed by atoms with Crippen molar-refractivity contribution in [3.8, 4) is 0 Å². The van der Waals surface area contributed by atoms with Gasteiger partial charge in [0.1, 0.15) is 5.82 Å². The van der Waals surface area contributed by atoms with E-state index in [9.17, 15) is 4.79 Å². The fourth-order valence-electron chi connectivity index (χ4n) is 2.29. The van der Waals surface area contributed by atoms with Crippen LogP contribution >= 0.6 is 23.2 Å². The van der Waals surface area contributed by atoms with Crippen LogP contribution in [0, 0.1) is 0 Å². The van der Waals surface area contributed by atoms with Crippen LogP contribution in [0.2, 0.25) is 10.0 Å². The number of morpholine rings is 1. The lowest BCUT2D eigenvalue weighted by Gasteiger charge is -2.26. The van der Waals surface area contributed by atoms with Gasteiger partial charge in [0.05, 0.1) is 23.3 Å². The summed E-state index contributed by atoms with van der Waals surface area (Å²) in [6, 6.07) is 1.45. The number of nitrogens with zero attached hydrogens (tertiary/aromatic N) is 2. The third-order valence-corrected chi connectivity index (χ3v) is 4.05. The van der Waals surface area contributed by atoms with E-state index < -0.39 is 0 Å². The molecule has 1 aliphatic heterocycles. The minimum absolute atomic E-state index is 0.172. The molecule has 7 nitrogen and oxygen atoms in total. The van der Waals surface area contributed by atoms with Crippen molar-refractivity contribution in [2.24, 2.45) is 0 Å². The van der Waals surface area contributed by atoms with Crippen molar-refractivity contribution in [3.05, 3.63) is 22.3 Å². The highest BCUT2D eigenvalue weighted by Gasteiger charge is 2.09. The third kappa shape index (κ3) is 7.09. The SMILES string of the molecule is O=C(NCCCN1CCOCC1)NCCNc1ncc(Cl)cc1Cl. The van der Waals surface area contributed by atoms with Crippen LogP contribution in [-0.2, 0) is 4.74 Å². The second-order valence-electron chi connectivity index (χ2n) is 5.40. The van der Waals surface area contributed by atoms with Gasteiger partial charge in [0.15, 0.2) is 0 Å². The topological polar surface area (TPSA) is 78.5 Å². The molecule has 1 aromatic rings. The molecule has 2 heterocycles. The molecule has 2 rings (SSSR count). The number of ether oxygens (including phenoxy) is 1. The maximum Gasteiger partial charge on any atom is 0.314 e. The number of carbonyl (C=O) groups excluding carboxylic acids is 1. The Morgan fingerprint density at radius 2 is 1.96 bits per heavy atom. The second kappa shape index (κ2) is 10.6. The number of hydrogen-bond acceptors (Lipinski definition) is 5. The molecule has 1 saturated heterocycles. The molecule has 0 bridgehead atoms. The average Bonchev–Trinajstić information content (AvgIpc) is 2.58. The Bertz CT molecular complexity index is 527. The highest BCUT2D eigenvalue weighted by atomic mass is 35.5. The monoisotopic (exact) mass is 375 g/mol. The van der Waals surface area contributed by atoms with Crippen LogP contribution in [0.25, 0.3) is 0 Å². The Balaban J connectivity index is 1.50. The van der Waals surface area contributed by atoms with Crippen LogP contribution in [0.15, 0.2) is 12.3 Å². The summed E-state index contributed by atoms with van der Waals surface area (Å²) >= 11 is 11.8. The van der Waals surface area contributed by atoms with Crippen molar-refractivity contribution < 1.29 is 9.53 Å². The number of anilines is 1. The lowest BCUT2D eigenvalue weighted by atomic mass is 10.3. The Kier molecular flexibility index (Phi) is 8.38. The molecule has 1 fully saturated rings. The predicted octanol–water partition coefficient (Wildman–Crippen LogP) is 1.82. The number of halogens is 2. The zero-order chi connectivity index (χ0) is 17.2. The Labute approximate surface area is 152 Å². The molecule has 0 saturated carbocycles. The molecule has 0 radical (unpaired) electrons. The summed E-state index contributed by atoms with van der Waals surface area (Å²) in [6.07, 6.45) is 2.44. The molecule has 0 unspecified atom stereocenters. The van der Waals surface area contributed by atoms with Gasteiger partial charge in [-0.1, -0.05) is 23.2 Å². The van der Waals surface area contributed by atoms with Gasteiger partial charge in [-0.05, 0) is 19.0 Å². The largest absolute Gasteiger partial charge is 0.379 e. The van der Waals surface area contributed by atoms with Crippen molar-refractivity contribution in [1.82, 2.24) is 20.5 Å². The zero-order valence-electron chi connectivity index (χ0n) is 13.5. The maximum atomic E-state index is 11.7. The highest BCUT2D eigenvalue weighted by molar-refractivity contribution is 6.35. The van der Waals surface area contributed by atoms with Crippen LogP contribution < -0.4 is 16.0 Å². The Morgan fingerprint density at radius 3 is 2.71 bits per heavy atom. The van der Waals surface area contributed by atoms with E-state index >= 15 is 0 Å². The van der Waals surface area contributed by atoms with Crippen molar-refractivity contribution in [1.29, 1.82) is 0 Å². The van der Waals surface area contributed by atoms with Gasteiger partial charge in [0, 0.05) is 38.9 Å². The number of carbonyl (C=O) groups is 1. The number of amides is 2. The van der Waals surface area contributed by atoms with E-state index in [0.29, 0.717) is 35.5 Å². The minimum atomic E-state index is -0.172. The molecule has 1 aliphatic rings. The van der Waals surface area contributed by atoms with E-state index in [0.717, 1.165) is 39.3 Å². The van der Waals surface area contributed by atoms with Gasteiger partial charge >= 0.3 is 6.03 Å². The van der Waals surface area contributed by atoms with E-state index in [-0.39, 0.29) is 6.03 Å². The van der Waals surface area contributed by atoms with Crippen LogP contribution in [0.5, 0.6) is 0 Å². The lowest BCUT2D eigenvalue weighted by molar-refractivity contribution is 0.0375. The molecule has 134 valence electrons. The van der Waals surface area contributed by atoms with Crippen LogP contribution in [0.1, 0.15) is 6.42 Å². The van der Waals surface area contributed by atoms with E-state index in [1.807, 2.05) is 0 Å². The molecule has 0 spiro atoms. The van der Waals surface area contributed by atoms with Gasteiger partial charge in [0.2, 0.25) is 0 Å². The molecule has 24 heavy (non-hydrogen) atoms. The quantitative estimate of drug-likeness (QED) is 0.604. The number of hydrogen-bond donors (Lipinski definition) is 3. The molecular weight excluding hydrogens is 353 g/mol. The molecule has 0 atom stereocenters. The number of rotatable bonds is 8. The zero-order valence-corrected chi connectivity index (χ0v) is 15.0. The minimum Gasteiger partial charge on any atom is -0.379 e. The molecule has 0 aromatic carbocycles. The Hall–Kier alpha value is -1.28.